The van der Waals surface area contributed by atoms with Gasteiger partial charge in [0.2, 0.25) is 5.54 Å². The van der Waals surface area contributed by atoms with Crippen molar-refractivity contribution in [2.45, 2.75) is 38.9 Å². The fourth-order valence-corrected chi connectivity index (χ4v) is 1.28. The third-order valence-electron chi connectivity index (χ3n) is 2.39. The van der Waals surface area contributed by atoms with Crippen LogP contribution < -0.4 is 0 Å². The number of nitro groups is 1. The minimum absolute atomic E-state index is 0.0672. The molecule has 0 heterocycles. The maximum atomic E-state index is 12.7. The molecule has 0 spiro atoms. The van der Waals surface area contributed by atoms with Gasteiger partial charge in [-0.1, -0.05) is 0 Å². The van der Waals surface area contributed by atoms with E-state index in [4.69, 9.17) is 0 Å². The van der Waals surface area contributed by atoms with E-state index in [9.17, 15) is 28.1 Å². The molecular weight excluding hydrogens is 243 g/mol. The first-order chi connectivity index (χ1) is 7.53. The van der Waals surface area contributed by atoms with E-state index in [0.29, 0.717) is 0 Å². The quantitative estimate of drug-likeness (QED) is 0.430. The Morgan fingerprint density at radius 3 is 2.18 bits per heavy atom. The number of esters is 1. The van der Waals surface area contributed by atoms with Crippen molar-refractivity contribution < 1.29 is 27.6 Å². The first-order valence-corrected chi connectivity index (χ1v) is 4.90. The van der Waals surface area contributed by atoms with E-state index in [0.717, 1.165) is 13.8 Å². The summed E-state index contributed by atoms with van der Waals surface area (Å²) in [5.74, 6) is -3.46. The molecule has 0 N–H and O–H groups in total. The van der Waals surface area contributed by atoms with Crippen LogP contribution in [0.3, 0.4) is 0 Å². The Labute approximate surface area is 96.1 Å². The number of carbonyl (C=O) groups excluding carboxylic acids is 1. The van der Waals surface area contributed by atoms with Gasteiger partial charge in [-0.3, -0.25) is 14.9 Å². The van der Waals surface area contributed by atoms with Crippen LogP contribution >= 0.6 is 0 Å². The molecule has 100 valence electrons. The number of rotatable bonds is 5. The van der Waals surface area contributed by atoms with E-state index in [1.54, 1.807) is 0 Å². The van der Waals surface area contributed by atoms with E-state index in [-0.39, 0.29) is 6.61 Å². The Kier molecular flexibility index (Phi) is 4.91. The molecule has 0 saturated heterocycles. The lowest BCUT2D eigenvalue weighted by Crippen LogP contribution is -2.48. The van der Waals surface area contributed by atoms with Gasteiger partial charge in [0, 0.05) is 18.8 Å². The predicted molar refractivity (Wildman–Crippen MR) is 51.9 cm³/mol. The Morgan fingerprint density at radius 2 is 1.88 bits per heavy atom. The SMILES string of the molecule is CCOC(=O)C[C@@H](C(F)(F)F)C(C)(C)[N+](=O)[O-]. The topological polar surface area (TPSA) is 69.4 Å². The highest BCUT2D eigenvalue weighted by atomic mass is 19.4. The lowest BCUT2D eigenvalue weighted by molar-refractivity contribution is -0.580. The van der Waals surface area contributed by atoms with Crippen molar-refractivity contribution >= 4 is 5.97 Å². The number of halogens is 3. The predicted octanol–water partition coefficient (Wildman–Crippen LogP) is 2.17. The van der Waals surface area contributed by atoms with Crippen molar-refractivity contribution in [2.24, 2.45) is 5.92 Å². The van der Waals surface area contributed by atoms with Gasteiger partial charge in [-0.05, 0) is 6.92 Å². The molecule has 17 heavy (non-hydrogen) atoms. The zero-order chi connectivity index (χ0) is 13.9. The number of hydrogen-bond donors (Lipinski definition) is 0. The highest BCUT2D eigenvalue weighted by Crippen LogP contribution is 2.38. The van der Waals surface area contributed by atoms with Gasteiger partial charge in [0.25, 0.3) is 0 Å². The van der Waals surface area contributed by atoms with Gasteiger partial charge in [0.15, 0.2) is 0 Å². The average molecular weight is 257 g/mol. The van der Waals surface area contributed by atoms with E-state index >= 15 is 0 Å². The van der Waals surface area contributed by atoms with E-state index in [1.165, 1.54) is 6.92 Å². The van der Waals surface area contributed by atoms with Gasteiger partial charge in [0.1, 0.15) is 5.92 Å². The van der Waals surface area contributed by atoms with Crippen molar-refractivity contribution in [1.82, 2.24) is 0 Å². The van der Waals surface area contributed by atoms with Crippen LogP contribution in [0.15, 0.2) is 0 Å². The molecule has 0 amide bonds. The monoisotopic (exact) mass is 257 g/mol. The average Bonchev–Trinajstić information content (AvgIpc) is 2.12. The number of hydrogen-bond acceptors (Lipinski definition) is 4. The van der Waals surface area contributed by atoms with Crippen molar-refractivity contribution in [3.05, 3.63) is 10.1 Å². The summed E-state index contributed by atoms with van der Waals surface area (Å²) in [6.07, 6.45) is -5.88. The molecule has 8 heteroatoms. The van der Waals surface area contributed by atoms with Crippen LogP contribution in [0.25, 0.3) is 0 Å². The van der Waals surface area contributed by atoms with Gasteiger partial charge >= 0.3 is 12.1 Å². The number of alkyl halides is 3. The Hall–Kier alpha value is -1.34. The Bertz CT molecular complexity index is 301. The zero-order valence-electron chi connectivity index (χ0n) is 9.71. The molecule has 0 saturated carbocycles. The van der Waals surface area contributed by atoms with E-state index in [1.807, 2.05) is 0 Å². The molecule has 0 bridgehead atoms. The summed E-state index contributed by atoms with van der Waals surface area (Å²) in [7, 11) is 0. The summed E-state index contributed by atoms with van der Waals surface area (Å²) in [5.41, 5.74) is -2.27. The van der Waals surface area contributed by atoms with Crippen molar-refractivity contribution in [1.29, 1.82) is 0 Å². The summed E-state index contributed by atoms with van der Waals surface area (Å²) >= 11 is 0. The third kappa shape index (κ3) is 4.20. The number of nitrogens with zero attached hydrogens (tertiary/aromatic N) is 1. The molecule has 0 aliphatic heterocycles. The molecular formula is C9H14F3NO4. The maximum absolute atomic E-state index is 12.7. The molecule has 0 rings (SSSR count). The third-order valence-corrected chi connectivity index (χ3v) is 2.39. The summed E-state index contributed by atoms with van der Waals surface area (Å²) < 4.78 is 42.4. The van der Waals surface area contributed by atoms with Crippen molar-refractivity contribution in [3.63, 3.8) is 0 Å². The summed E-state index contributed by atoms with van der Waals surface area (Å²) in [6.45, 7) is 3.05. The molecule has 0 fully saturated rings. The molecule has 0 aromatic rings. The molecule has 0 unspecified atom stereocenters. The Morgan fingerprint density at radius 1 is 1.41 bits per heavy atom. The van der Waals surface area contributed by atoms with Crippen LogP contribution in [0, 0.1) is 16.0 Å². The normalized spacial score (nSPS) is 14.2. The lowest BCUT2D eigenvalue weighted by atomic mass is 9.85. The maximum Gasteiger partial charge on any atom is 0.399 e. The van der Waals surface area contributed by atoms with Crippen LogP contribution in [0.1, 0.15) is 27.2 Å². The molecule has 5 nitrogen and oxygen atoms in total. The van der Waals surface area contributed by atoms with Crippen molar-refractivity contribution in [2.75, 3.05) is 6.61 Å². The molecule has 0 aliphatic carbocycles. The van der Waals surface area contributed by atoms with Crippen LogP contribution in [0.2, 0.25) is 0 Å². The second-order valence-corrected chi connectivity index (χ2v) is 4.01. The minimum atomic E-state index is -4.83. The minimum Gasteiger partial charge on any atom is -0.466 e. The number of ether oxygens (including phenoxy) is 1. The van der Waals surface area contributed by atoms with Crippen molar-refractivity contribution in [3.8, 4) is 0 Å². The van der Waals surface area contributed by atoms with Gasteiger partial charge in [-0.25, -0.2) is 0 Å². The van der Waals surface area contributed by atoms with Gasteiger partial charge in [0.05, 0.1) is 13.0 Å². The van der Waals surface area contributed by atoms with Crippen LogP contribution in [0.4, 0.5) is 13.2 Å². The van der Waals surface area contributed by atoms with Gasteiger partial charge in [-0.2, -0.15) is 13.2 Å². The zero-order valence-corrected chi connectivity index (χ0v) is 9.71. The van der Waals surface area contributed by atoms with Crippen LogP contribution in [0.5, 0.6) is 0 Å². The molecule has 1 atom stereocenters. The smallest absolute Gasteiger partial charge is 0.399 e. The fourth-order valence-electron chi connectivity index (χ4n) is 1.28. The lowest BCUT2D eigenvalue weighted by Gasteiger charge is -2.27. The fraction of sp³-hybridized carbons (Fsp3) is 0.889. The van der Waals surface area contributed by atoms with Crippen LogP contribution in [-0.4, -0.2) is 29.2 Å². The first-order valence-electron chi connectivity index (χ1n) is 4.90. The standard InChI is InChI=1S/C9H14F3NO4/c1-4-17-7(14)5-6(9(10,11)12)8(2,3)13(15)16/h6H,4-5H2,1-3H3/t6-/m1/s1. The second-order valence-electron chi connectivity index (χ2n) is 4.01. The summed E-state index contributed by atoms with van der Waals surface area (Å²) in [5, 5.41) is 10.6. The van der Waals surface area contributed by atoms with Gasteiger partial charge in [-0.15, -0.1) is 0 Å². The highest BCUT2D eigenvalue weighted by molar-refractivity contribution is 5.69. The van der Waals surface area contributed by atoms with Gasteiger partial charge < -0.3 is 4.74 Å². The van der Waals surface area contributed by atoms with Crippen LogP contribution in [-0.2, 0) is 9.53 Å². The van der Waals surface area contributed by atoms with E-state index < -0.39 is 34.9 Å². The summed E-state index contributed by atoms with van der Waals surface area (Å²) in [6, 6.07) is 0. The van der Waals surface area contributed by atoms with E-state index in [2.05, 4.69) is 4.74 Å². The summed E-state index contributed by atoms with van der Waals surface area (Å²) in [4.78, 5) is 20.6. The Balaban J connectivity index is 5.04. The molecule has 0 aliphatic rings. The molecule has 0 aromatic heterocycles. The second kappa shape index (κ2) is 5.33. The highest BCUT2D eigenvalue weighted by Gasteiger charge is 2.57. The largest absolute Gasteiger partial charge is 0.466 e. The molecule has 0 aromatic carbocycles. The number of carbonyl (C=O) groups is 1. The molecule has 0 radical (unpaired) electrons. The first kappa shape index (κ1) is 15.7.